The minimum Gasteiger partial charge on any atom is -0.404 e. The molecular formula is C11H6BrF3N2O2. The molecule has 0 unspecified atom stereocenters. The number of nitrogens with zero attached hydrogens (tertiary/aromatic N) is 2. The third-order valence-corrected chi connectivity index (χ3v) is 2.69. The number of hydrogen-bond acceptors (Lipinski definition) is 3. The number of benzene rings is 1. The van der Waals surface area contributed by atoms with E-state index in [-0.39, 0.29) is 10.3 Å². The molecule has 0 amide bonds. The molecule has 100 valence electrons. The van der Waals surface area contributed by atoms with Crippen molar-refractivity contribution in [1.29, 1.82) is 0 Å². The average molecular weight is 335 g/mol. The van der Waals surface area contributed by atoms with Gasteiger partial charge in [-0.25, -0.2) is 4.98 Å². The maximum absolute atomic E-state index is 12.3. The molecule has 0 aliphatic carbocycles. The Morgan fingerprint density at radius 2 is 1.95 bits per heavy atom. The molecule has 0 saturated heterocycles. The standard InChI is InChI=1S/C11H6BrF3N2O2/c12-9-10(18)17(6-5-16-9)7-3-1-2-4-8(7)19-11(13,14)15/h1-6H. The molecule has 2 rings (SSSR count). The number of hydrogen-bond donors (Lipinski definition) is 0. The molecule has 4 nitrogen and oxygen atoms in total. The van der Waals surface area contributed by atoms with Crippen LogP contribution in [0.5, 0.6) is 5.75 Å². The second kappa shape index (κ2) is 5.04. The van der Waals surface area contributed by atoms with Crippen LogP contribution in [-0.2, 0) is 0 Å². The summed E-state index contributed by atoms with van der Waals surface area (Å²) >= 11 is 2.92. The number of alkyl halides is 3. The highest BCUT2D eigenvalue weighted by Crippen LogP contribution is 2.28. The molecule has 0 saturated carbocycles. The normalized spacial score (nSPS) is 11.4. The molecule has 0 radical (unpaired) electrons. The molecule has 2 aromatic rings. The van der Waals surface area contributed by atoms with Gasteiger partial charge in [0.05, 0.1) is 5.69 Å². The summed E-state index contributed by atoms with van der Waals surface area (Å²) in [5, 5.41) is 0. The highest BCUT2D eigenvalue weighted by Gasteiger charge is 2.32. The van der Waals surface area contributed by atoms with Gasteiger partial charge in [-0.05, 0) is 28.1 Å². The number of aromatic nitrogens is 2. The fraction of sp³-hybridized carbons (Fsp3) is 0.0909. The average Bonchev–Trinajstić information content (AvgIpc) is 2.32. The fourth-order valence-corrected chi connectivity index (χ4v) is 1.75. The first-order chi connectivity index (χ1) is 8.88. The van der Waals surface area contributed by atoms with Crippen LogP contribution >= 0.6 is 15.9 Å². The van der Waals surface area contributed by atoms with E-state index in [4.69, 9.17) is 0 Å². The van der Waals surface area contributed by atoms with Crippen molar-refractivity contribution in [2.75, 3.05) is 0 Å². The Labute approximate surface area is 113 Å². The Morgan fingerprint density at radius 1 is 1.26 bits per heavy atom. The van der Waals surface area contributed by atoms with Crippen LogP contribution in [0.2, 0.25) is 0 Å². The predicted molar refractivity (Wildman–Crippen MR) is 64.2 cm³/mol. The van der Waals surface area contributed by atoms with Crippen LogP contribution in [0.15, 0.2) is 46.1 Å². The van der Waals surface area contributed by atoms with Gasteiger partial charge in [-0.3, -0.25) is 9.36 Å². The molecule has 0 spiro atoms. The molecule has 0 fully saturated rings. The van der Waals surface area contributed by atoms with Gasteiger partial charge >= 0.3 is 6.36 Å². The molecule has 0 aliphatic heterocycles. The van der Waals surface area contributed by atoms with Crippen LogP contribution < -0.4 is 10.3 Å². The highest BCUT2D eigenvalue weighted by molar-refractivity contribution is 9.10. The van der Waals surface area contributed by atoms with Crippen LogP contribution in [0.25, 0.3) is 5.69 Å². The summed E-state index contributed by atoms with van der Waals surface area (Å²) in [6.07, 6.45) is -2.29. The zero-order valence-electron chi connectivity index (χ0n) is 9.19. The Bertz CT molecular complexity index is 655. The van der Waals surface area contributed by atoms with Crippen molar-refractivity contribution in [3.8, 4) is 11.4 Å². The van der Waals surface area contributed by atoms with Gasteiger partial charge in [0.2, 0.25) is 0 Å². The van der Waals surface area contributed by atoms with E-state index >= 15 is 0 Å². The van der Waals surface area contributed by atoms with Crippen LogP contribution in [0.1, 0.15) is 0 Å². The summed E-state index contributed by atoms with van der Waals surface area (Å²) < 4.78 is 41.8. The SMILES string of the molecule is O=c1c(Br)nccn1-c1ccccc1OC(F)(F)F. The van der Waals surface area contributed by atoms with Crippen molar-refractivity contribution in [2.24, 2.45) is 0 Å². The van der Waals surface area contributed by atoms with E-state index < -0.39 is 17.7 Å². The zero-order chi connectivity index (χ0) is 14.0. The van der Waals surface area contributed by atoms with E-state index in [9.17, 15) is 18.0 Å². The van der Waals surface area contributed by atoms with Gasteiger partial charge in [0.1, 0.15) is 0 Å². The van der Waals surface area contributed by atoms with Gasteiger partial charge in [-0.1, -0.05) is 12.1 Å². The Kier molecular flexibility index (Phi) is 3.61. The van der Waals surface area contributed by atoms with E-state index in [1.54, 1.807) is 0 Å². The number of halogens is 4. The number of ether oxygens (including phenoxy) is 1. The first kappa shape index (κ1) is 13.6. The van der Waals surface area contributed by atoms with Crippen molar-refractivity contribution in [2.45, 2.75) is 6.36 Å². The number of rotatable bonds is 2. The third-order valence-electron chi connectivity index (χ3n) is 2.15. The molecule has 1 heterocycles. The number of para-hydroxylation sites is 2. The lowest BCUT2D eigenvalue weighted by atomic mass is 10.3. The van der Waals surface area contributed by atoms with Gasteiger partial charge in [-0.2, -0.15) is 0 Å². The van der Waals surface area contributed by atoms with Crippen molar-refractivity contribution < 1.29 is 17.9 Å². The second-order valence-electron chi connectivity index (χ2n) is 3.41. The van der Waals surface area contributed by atoms with Gasteiger partial charge in [-0.15, -0.1) is 13.2 Å². The molecule has 8 heteroatoms. The van der Waals surface area contributed by atoms with E-state index in [1.165, 1.54) is 30.6 Å². The van der Waals surface area contributed by atoms with Crippen LogP contribution in [0.3, 0.4) is 0 Å². The fourth-order valence-electron chi connectivity index (χ4n) is 1.44. The maximum atomic E-state index is 12.3. The van der Waals surface area contributed by atoms with Gasteiger partial charge in [0, 0.05) is 12.4 Å². The zero-order valence-corrected chi connectivity index (χ0v) is 10.8. The maximum Gasteiger partial charge on any atom is 0.573 e. The minimum atomic E-state index is -4.83. The highest BCUT2D eigenvalue weighted by atomic mass is 79.9. The molecule has 19 heavy (non-hydrogen) atoms. The van der Waals surface area contributed by atoms with Gasteiger partial charge in [0.25, 0.3) is 5.56 Å². The lowest BCUT2D eigenvalue weighted by molar-refractivity contribution is -0.274. The Hall–Kier alpha value is -1.83. The predicted octanol–water partition coefficient (Wildman–Crippen LogP) is 2.89. The molecule has 1 aromatic carbocycles. The monoisotopic (exact) mass is 334 g/mol. The minimum absolute atomic E-state index is 0.00295. The lowest BCUT2D eigenvalue weighted by Gasteiger charge is -2.14. The Morgan fingerprint density at radius 3 is 2.63 bits per heavy atom. The summed E-state index contributed by atoms with van der Waals surface area (Å²) in [7, 11) is 0. The van der Waals surface area contributed by atoms with Crippen LogP contribution in [-0.4, -0.2) is 15.9 Å². The van der Waals surface area contributed by atoms with E-state index in [2.05, 4.69) is 25.7 Å². The van der Waals surface area contributed by atoms with E-state index in [0.29, 0.717) is 0 Å². The summed E-state index contributed by atoms with van der Waals surface area (Å²) in [6, 6.07) is 5.35. The summed E-state index contributed by atoms with van der Waals surface area (Å²) in [6.45, 7) is 0. The van der Waals surface area contributed by atoms with Crippen molar-refractivity contribution in [1.82, 2.24) is 9.55 Å². The van der Waals surface area contributed by atoms with Gasteiger partial charge in [0.15, 0.2) is 10.4 Å². The van der Waals surface area contributed by atoms with Crippen molar-refractivity contribution in [3.05, 3.63) is 51.6 Å². The molecule has 1 aromatic heterocycles. The van der Waals surface area contributed by atoms with Crippen LogP contribution in [0, 0.1) is 0 Å². The smallest absolute Gasteiger partial charge is 0.404 e. The quantitative estimate of drug-likeness (QED) is 0.848. The molecule has 0 aliphatic rings. The first-order valence-corrected chi connectivity index (χ1v) is 5.76. The molecule has 0 bridgehead atoms. The van der Waals surface area contributed by atoms with Crippen molar-refractivity contribution >= 4 is 15.9 Å². The van der Waals surface area contributed by atoms with Gasteiger partial charge < -0.3 is 4.74 Å². The summed E-state index contributed by atoms with van der Waals surface area (Å²) in [5.74, 6) is -0.463. The summed E-state index contributed by atoms with van der Waals surface area (Å²) in [4.78, 5) is 15.5. The topological polar surface area (TPSA) is 44.1 Å². The van der Waals surface area contributed by atoms with E-state index in [0.717, 1.165) is 10.6 Å². The molecule has 0 atom stereocenters. The Balaban J connectivity index is 2.57. The lowest BCUT2D eigenvalue weighted by Crippen LogP contribution is -2.22. The van der Waals surface area contributed by atoms with Crippen LogP contribution in [0.4, 0.5) is 13.2 Å². The van der Waals surface area contributed by atoms with E-state index in [1.807, 2.05) is 0 Å². The second-order valence-corrected chi connectivity index (χ2v) is 4.16. The molecular weight excluding hydrogens is 329 g/mol. The first-order valence-electron chi connectivity index (χ1n) is 4.97. The summed E-state index contributed by atoms with van der Waals surface area (Å²) in [5.41, 5.74) is -0.603. The largest absolute Gasteiger partial charge is 0.573 e. The third kappa shape index (κ3) is 3.14. The molecule has 0 N–H and O–H groups in total. The van der Waals surface area contributed by atoms with Crippen molar-refractivity contribution in [3.63, 3.8) is 0 Å².